The molecule has 2 heterocycles. The van der Waals surface area contributed by atoms with Crippen molar-refractivity contribution in [2.24, 2.45) is 0 Å². The van der Waals surface area contributed by atoms with E-state index in [0.717, 1.165) is 19.3 Å². The molecule has 0 aromatic carbocycles. The first-order valence-electron chi connectivity index (χ1n) is 18.8. The van der Waals surface area contributed by atoms with Gasteiger partial charge in [0.25, 0.3) is 0 Å². The van der Waals surface area contributed by atoms with Crippen LogP contribution in [-0.4, -0.2) is 78.3 Å². The fourth-order valence-electron chi connectivity index (χ4n) is 4.97. The summed E-state index contributed by atoms with van der Waals surface area (Å²) < 4.78 is 25.0. The molecule has 2 rings (SSSR count). The van der Waals surface area contributed by atoms with Crippen molar-refractivity contribution in [2.75, 3.05) is 26.4 Å². The molecule has 1 aliphatic heterocycles. The molecule has 2 unspecified atom stereocenters. The van der Waals surface area contributed by atoms with Gasteiger partial charge in [0.1, 0.15) is 23.9 Å². The third-order valence-corrected chi connectivity index (χ3v) is 7.75. The highest BCUT2D eigenvalue weighted by molar-refractivity contribution is 5.94. The maximum atomic E-state index is 11.5. The fraction of sp³-hybridized carbons (Fsp3) is 0.718. The molecule has 2 N–H and O–H groups in total. The number of allylic oxidation sites excluding steroid dienone is 1. The molecule has 0 saturated carbocycles. The third-order valence-electron chi connectivity index (χ3n) is 7.75. The van der Waals surface area contributed by atoms with E-state index in [1.54, 1.807) is 26.0 Å². The summed E-state index contributed by atoms with van der Waals surface area (Å²) in [5, 5.41) is 17.7. The standard InChI is InChI=1S/C13H22O5.C13H16O5.C13H26O2/c2*1-2-17-13(16)8-4-10(15)3-5-11-6-7-12(9-14)18-11;1-3-5-6-7-8-9-10-11-12-13(14)15-4-2/h11-12,14H,2-9H2,1H3;3,5-7,14H,2,4,8-9H2,1H3;3-12H2,1-2H3/b;5-3+;. The van der Waals surface area contributed by atoms with Gasteiger partial charge >= 0.3 is 17.9 Å². The van der Waals surface area contributed by atoms with Crippen molar-refractivity contribution in [3.63, 3.8) is 0 Å². The highest BCUT2D eigenvalue weighted by Gasteiger charge is 2.24. The molecule has 51 heavy (non-hydrogen) atoms. The zero-order valence-electron chi connectivity index (χ0n) is 31.5. The Morgan fingerprint density at radius 1 is 0.686 bits per heavy atom. The summed E-state index contributed by atoms with van der Waals surface area (Å²) in [7, 11) is 0. The van der Waals surface area contributed by atoms with Gasteiger partial charge in [-0.3, -0.25) is 24.0 Å². The van der Waals surface area contributed by atoms with Gasteiger partial charge in [0, 0.05) is 25.7 Å². The number of esters is 3. The average molecular weight is 725 g/mol. The van der Waals surface area contributed by atoms with Crippen LogP contribution in [0.1, 0.15) is 148 Å². The molecule has 12 heteroatoms. The minimum Gasteiger partial charge on any atom is -0.466 e. The van der Waals surface area contributed by atoms with Gasteiger partial charge in [-0.15, -0.1) is 0 Å². The lowest BCUT2D eigenvalue weighted by Gasteiger charge is -2.11. The predicted octanol–water partition coefficient (Wildman–Crippen LogP) is 7.00. The number of carbonyl (C=O) groups is 5. The number of ether oxygens (including phenoxy) is 4. The molecule has 12 nitrogen and oxygen atoms in total. The third kappa shape index (κ3) is 28.0. The molecule has 0 spiro atoms. The molecule has 0 radical (unpaired) electrons. The second-order valence-corrected chi connectivity index (χ2v) is 12.1. The Labute approximate surface area is 304 Å². The van der Waals surface area contributed by atoms with E-state index in [1.165, 1.54) is 57.1 Å². The van der Waals surface area contributed by atoms with Gasteiger partial charge in [-0.1, -0.05) is 51.9 Å². The quantitative estimate of drug-likeness (QED) is 0.0458. The first-order chi connectivity index (χ1) is 24.6. The molecule has 0 aliphatic carbocycles. The minimum absolute atomic E-state index is 0.0384. The summed E-state index contributed by atoms with van der Waals surface area (Å²) >= 11 is 0. The lowest BCUT2D eigenvalue weighted by atomic mass is 10.1. The van der Waals surface area contributed by atoms with Gasteiger partial charge in [-0.25, -0.2) is 0 Å². The molecule has 1 aromatic heterocycles. The van der Waals surface area contributed by atoms with Crippen LogP contribution >= 0.6 is 0 Å². The smallest absolute Gasteiger partial charge is 0.306 e. The van der Waals surface area contributed by atoms with Crippen LogP contribution in [-0.2, 0) is 49.5 Å². The van der Waals surface area contributed by atoms with Crippen molar-refractivity contribution < 1.29 is 57.6 Å². The lowest BCUT2D eigenvalue weighted by molar-refractivity contribution is -0.144. The van der Waals surface area contributed by atoms with E-state index in [0.29, 0.717) is 50.6 Å². The summed E-state index contributed by atoms with van der Waals surface area (Å²) in [5.41, 5.74) is 0. The Bertz CT molecular complexity index is 1110. The molecule has 1 aliphatic rings. The SMILES string of the molecule is CCCCCCCCCCC(=O)OCC.CCOC(=O)CCC(=O)/C=C/c1ccc(CO)o1.CCOC(=O)CCC(=O)CCC1CCC(CO)O1. The summed E-state index contributed by atoms with van der Waals surface area (Å²) in [6.07, 6.45) is 17.1. The fourth-order valence-corrected chi connectivity index (χ4v) is 4.97. The van der Waals surface area contributed by atoms with Gasteiger partial charge in [-0.05, 0) is 70.7 Å². The predicted molar refractivity (Wildman–Crippen MR) is 193 cm³/mol. The molecular formula is C39H64O12. The van der Waals surface area contributed by atoms with Gasteiger partial charge in [0.2, 0.25) is 0 Å². The highest BCUT2D eigenvalue weighted by atomic mass is 16.5. The molecule has 1 fully saturated rings. The number of ketones is 2. The molecule has 0 amide bonds. The average Bonchev–Trinajstić information content (AvgIpc) is 3.80. The molecular weight excluding hydrogens is 660 g/mol. The zero-order valence-corrected chi connectivity index (χ0v) is 31.5. The van der Waals surface area contributed by atoms with E-state index < -0.39 is 0 Å². The zero-order chi connectivity index (χ0) is 38.1. The van der Waals surface area contributed by atoms with Crippen LogP contribution in [0.5, 0.6) is 0 Å². The Morgan fingerprint density at radius 3 is 1.76 bits per heavy atom. The number of hydrogen-bond donors (Lipinski definition) is 2. The molecule has 1 aromatic rings. The number of Topliss-reactive ketones (excluding diaryl/α,β-unsaturated/α-hetero) is 1. The van der Waals surface area contributed by atoms with Gasteiger partial charge in [-0.2, -0.15) is 0 Å². The number of aliphatic hydroxyl groups is 2. The molecule has 1 saturated heterocycles. The first-order valence-corrected chi connectivity index (χ1v) is 18.8. The number of unbranched alkanes of at least 4 members (excludes halogenated alkanes) is 7. The van der Waals surface area contributed by atoms with E-state index >= 15 is 0 Å². The number of carbonyl (C=O) groups excluding carboxylic acids is 5. The Morgan fingerprint density at radius 2 is 1.24 bits per heavy atom. The van der Waals surface area contributed by atoms with Crippen LogP contribution < -0.4 is 0 Å². The summed E-state index contributed by atoms with van der Waals surface area (Å²) in [6.45, 7) is 8.60. The van der Waals surface area contributed by atoms with Crippen molar-refractivity contribution in [1.29, 1.82) is 0 Å². The topological polar surface area (TPSA) is 176 Å². The van der Waals surface area contributed by atoms with Crippen molar-refractivity contribution in [1.82, 2.24) is 0 Å². The molecule has 2 atom stereocenters. The van der Waals surface area contributed by atoms with Gasteiger partial charge in [0.05, 0.1) is 51.5 Å². The Hall–Kier alpha value is -3.35. The number of aliphatic hydroxyl groups excluding tert-OH is 2. The minimum atomic E-state index is -0.375. The monoisotopic (exact) mass is 724 g/mol. The highest BCUT2D eigenvalue weighted by Crippen LogP contribution is 2.23. The van der Waals surface area contributed by atoms with Crippen LogP contribution in [0, 0.1) is 0 Å². The molecule has 0 bridgehead atoms. The van der Waals surface area contributed by atoms with Crippen LogP contribution in [0.4, 0.5) is 0 Å². The maximum absolute atomic E-state index is 11.5. The van der Waals surface area contributed by atoms with E-state index in [1.807, 2.05) is 6.92 Å². The van der Waals surface area contributed by atoms with Crippen molar-refractivity contribution in [3.05, 3.63) is 29.7 Å². The van der Waals surface area contributed by atoms with Crippen molar-refractivity contribution in [3.8, 4) is 0 Å². The summed E-state index contributed by atoms with van der Waals surface area (Å²) in [5.74, 6) is 0.0906. The number of furan rings is 1. The van der Waals surface area contributed by atoms with Gasteiger partial charge in [0.15, 0.2) is 5.78 Å². The van der Waals surface area contributed by atoms with Crippen molar-refractivity contribution >= 4 is 35.6 Å². The normalized spacial score (nSPS) is 14.9. The van der Waals surface area contributed by atoms with Crippen LogP contribution in [0.25, 0.3) is 6.08 Å². The maximum Gasteiger partial charge on any atom is 0.306 e. The largest absolute Gasteiger partial charge is 0.466 e. The number of rotatable bonds is 25. The van der Waals surface area contributed by atoms with Gasteiger partial charge < -0.3 is 33.6 Å². The Kier molecular flexibility index (Phi) is 30.4. The lowest BCUT2D eigenvalue weighted by Crippen LogP contribution is -2.15. The summed E-state index contributed by atoms with van der Waals surface area (Å²) in [4.78, 5) is 56.0. The van der Waals surface area contributed by atoms with E-state index in [-0.39, 0.29) is 80.6 Å². The van der Waals surface area contributed by atoms with E-state index in [2.05, 4.69) is 6.92 Å². The Balaban J connectivity index is 0.000000740. The van der Waals surface area contributed by atoms with Crippen LogP contribution in [0.15, 0.2) is 22.6 Å². The first kappa shape index (κ1) is 47.7. The second kappa shape index (κ2) is 32.6. The van der Waals surface area contributed by atoms with E-state index in [9.17, 15) is 24.0 Å². The second-order valence-electron chi connectivity index (χ2n) is 12.1. The molecule has 292 valence electrons. The van der Waals surface area contributed by atoms with Crippen LogP contribution in [0.2, 0.25) is 0 Å². The van der Waals surface area contributed by atoms with Crippen LogP contribution in [0.3, 0.4) is 0 Å². The van der Waals surface area contributed by atoms with E-state index in [4.69, 9.17) is 33.6 Å². The van der Waals surface area contributed by atoms with Crippen molar-refractivity contribution in [2.45, 2.75) is 156 Å². The number of hydrogen-bond acceptors (Lipinski definition) is 12. The summed E-state index contributed by atoms with van der Waals surface area (Å²) in [6, 6.07) is 3.28.